The van der Waals surface area contributed by atoms with Crippen LogP contribution >= 0.6 is 24.8 Å². The van der Waals surface area contributed by atoms with Crippen molar-refractivity contribution in [3.63, 3.8) is 0 Å². The predicted octanol–water partition coefficient (Wildman–Crippen LogP) is 3.65. The summed E-state index contributed by atoms with van der Waals surface area (Å²) < 4.78 is 0. The minimum absolute atomic E-state index is 0. The van der Waals surface area contributed by atoms with E-state index < -0.39 is 0 Å². The highest BCUT2D eigenvalue weighted by Crippen LogP contribution is 2.18. The third kappa shape index (κ3) is 6.13. The number of piperidine rings is 1. The lowest BCUT2D eigenvalue weighted by molar-refractivity contribution is 0.178. The number of halogens is 2. The van der Waals surface area contributed by atoms with Crippen LogP contribution in [0.2, 0.25) is 0 Å². The zero-order chi connectivity index (χ0) is 12.1. The van der Waals surface area contributed by atoms with Crippen molar-refractivity contribution >= 4 is 24.8 Å². The maximum atomic E-state index is 6.22. The summed E-state index contributed by atoms with van der Waals surface area (Å²) in [6, 6.07) is 10.6. The number of likely N-dealkylation sites (tertiary alicyclic amines) is 1. The van der Waals surface area contributed by atoms with Crippen molar-refractivity contribution in [1.82, 2.24) is 4.90 Å². The molecule has 0 amide bonds. The van der Waals surface area contributed by atoms with Gasteiger partial charge in [0, 0.05) is 12.6 Å². The summed E-state index contributed by atoms with van der Waals surface area (Å²) in [5.41, 5.74) is 7.48. The van der Waals surface area contributed by atoms with Crippen molar-refractivity contribution < 1.29 is 0 Å². The number of benzene rings is 1. The molecule has 2 nitrogen and oxygen atoms in total. The molecule has 0 aliphatic carbocycles. The number of nitrogens with two attached hydrogens (primary N) is 1. The molecule has 0 saturated carbocycles. The first-order chi connectivity index (χ1) is 8.25. The van der Waals surface area contributed by atoms with Crippen LogP contribution in [-0.4, -0.2) is 24.5 Å². The summed E-state index contributed by atoms with van der Waals surface area (Å²) in [4.78, 5) is 2.57. The molecule has 1 aliphatic rings. The zero-order valence-corrected chi connectivity index (χ0v) is 13.3. The summed E-state index contributed by atoms with van der Waals surface area (Å²) in [5, 5.41) is 0. The van der Waals surface area contributed by atoms with Crippen molar-refractivity contribution in [3.05, 3.63) is 35.9 Å². The van der Waals surface area contributed by atoms with Crippen LogP contribution in [0.1, 0.15) is 37.8 Å². The van der Waals surface area contributed by atoms with Gasteiger partial charge in [0.15, 0.2) is 0 Å². The number of hydrogen-bond acceptors (Lipinski definition) is 2. The maximum Gasteiger partial charge on any atom is 0.0307 e. The van der Waals surface area contributed by atoms with Crippen LogP contribution in [0.4, 0.5) is 0 Å². The summed E-state index contributed by atoms with van der Waals surface area (Å²) in [5.74, 6) is 0.858. The van der Waals surface area contributed by atoms with Crippen LogP contribution in [-0.2, 0) is 0 Å². The van der Waals surface area contributed by atoms with E-state index in [1.54, 1.807) is 0 Å². The molecule has 0 aromatic heterocycles. The van der Waals surface area contributed by atoms with Crippen LogP contribution in [0.3, 0.4) is 0 Å². The highest BCUT2D eigenvalue weighted by molar-refractivity contribution is 5.85. The van der Waals surface area contributed by atoms with E-state index in [1.165, 1.54) is 31.5 Å². The molecule has 2 N–H and O–H groups in total. The molecule has 1 aromatic rings. The molecule has 2 unspecified atom stereocenters. The van der Waals surface area contributed by atoms with Crippen molar-refractivity contribution in [1.29, 1.82) is 0 Å². The van der Waals surface area contributed by atoms with Crippen molar-refractivity contribution in [2.45, 2.75) is 32.2 Å². The highest BCUT2D eigenvalue weighted by Gasteiger charge is 2.16. The van der Waals surface area contributed by atoms with E-state index in [0.717, 1.165) is 18.9 Å². The molecule has 19 heavy (non-hydrogen) atoms. The van der Waals surface area contributed by atoms with Gasteiger partial charge in [0.1, 0.15) is 0 Å². The van der Waals surface area contributed by atoms with Crippen LogP contribution < -0.4 is 5.73 Å². The molecule has 2 atom stereocenters. The van der Waals surface area contributed by atoms with Gasteiger partial charge in [-0.25, -0.2) is 0 Å². The highest BCUT2D eigenvalue weighted by atomic mass is 35.5. The summed E-state index contributed by atoms with van der Waals surface area (Å²) in [6.45, 7) is 6.00. The molecule has 1 heterocycles. The molecule has 0 bridgehead atoms. The molecule has 1 saturated heterocycles. The second-order valence-electron chi connectivity index (χ2n) is 5.35. The van der Waals surface area contributed by atoms with Crippen LogP contribution in [0.15, 0.2) is 30.3 Å². The topological polar surface area (TPSA) is 29.3 Å². The van der Waals surface area contributed by atoms with E-state index in [2.05, 4.69) is 36.1 Å². The Labute approximate surface area is 129 Å². The normalized spacial score (nSPS) is 21.1. The van der Waals surface area contributed by atoms with E-state index in [1.807, 2.05) is 6.07 Å². The Bertz CT molecular complexity index is 332. The summed E-state index contributed by atoms with van der Waals surface area (Å²) in [6.07, 6.45) is 3.81. The third-order valence-electron chi connectivity index (χ3n) is 3.73. The van der Waals surface area contributed by atoms with Gasteiger partial charge in [-0.3, -0.25) is 0 Å². The zero-order valence-electron chi connectivity index (χ0n) is 11.6. The lowest BCUT2D eigenvalue weighted by Crippen LogP contribution is -2.36. The molecular formula is C15H26Cl2N2. The Balaban J connectivity index is 0.00000162. The van der Waals surface area contributed by atoms with Gasteiger partial charge in [-0.15, -0.1) is 24.8 Å². The Morgan fingerprint density at radius 1 is 1.26 bits per heavy atom. The first kappa shape index (κ1) is 18.7. The van der Waals surface area contributed by atoms with Gasteiger partial charge < -0.3 is 10.6 Å². The van der Waals surface area contributed by atoms with Gasteiger partial charge in [-0.05, 0) is 43.8 Å². The third-order valence-corrected chi connectivity index (χ3v) is 3.73. The lowest BCUT2D eigenvalue weighted by Gasteiger charge is -2.31. The van der Waals surface area contributed by atoms with Gasteiger partial charge in [-0.1, -0.05) is 37.3 Å². The predicted molar refractivity (Wildman–Crippen MR) is 87.3 cm³/mol. The van der Waals surface area contributed by atoms with Gasteiger partial charge in [0.25, 0.3) is 0 Å². The Morgan fingerprint density at radius 2 is 1.95 bits per heavy atom. The maximum absolute atomic E-state index is 6.22. The van der Waals surface area contributed by atoms with Crippen LogP contribution in [0, 0.1) is 5.92 Å². The fraction of sp³-hybridized carbons (Fsp3) is 0.600. The Hall–Kier alpha value is -0.280. The van der Waals surface area contributed by atoms with Crippen molar-refractivity contribution in [2.75, 3.05) is 19.6 Å². The van der Waals surface area contributed by atoms with E-state index >= 15 is 0 Å². The standard InChI is InChI=1S/C15H24N2.2ClH/c1-13-6-5-10-17(12-13)11-9-15(16)14-7-3-2-4-8-14;;/h2-4,7-8,13,15H,5-6,9-12,16H2,1H3;2*1H. The van der Waals surface area contributed by atoms with Gasteiger partial charge in [-0.2, -0.15) is 0 Å². The monoisotopic (exact) mass is 304 g/mol. The molecule has 1 aliphatic heterocycles. The largest absolute Gasteiger partial charge is 0.324 e. The summed E-state index contributed by atoms with van der Waals surface area (Å²) >= 11 is 0. The average Bonchev–Trinajstić information content (AvgIpc) is 2.37. The van der Waals surface area contributed by atoms with E-state index in [0.29, 0.717) is 0 Å². The smallest absolute Gasteiger partial charge is 0.0307 e. The molecule has 1 fully saturated rings. The van der Waals surface area contributed by atoms with E-state index in [9.17, 15) is 0 Å². The van der Waals surface area contributed by atoms with Crippen LogP contribution in [0.5, 0.6) is 0 Å². The molecule has 0 radical (unpaired) electrons. The molecule has 2 rings (SSSR count). The number of hydrogen-bond donors (Lipinski definition) is 1. The average molecular weight is 305 g/mol. The van der Waals surface area contributed by atoms with E-state index in [-0.39, 0.29) is 30.9 Å². The summed E-state index contributed by atoms with van der Waals surface area (Å²) in [7, 11) is 0. The lowest BCUT2D eigenvalue weighted by atomic mass is 9.99. The molecule has 1 aromatic carbocycles. The van der Waals surface area contributed by atoms with Crippen LogP contribution in [0.25, 0.3) is 0 Å². The molecule has 4 heteroatoms. The Kier molecular flexibility index (Phi) is 9.46. The molecule has 0 spiro atoms. The van der Waals surface area contributed by atoms with Gasteiger partial charge in [0.2, 0.25) is 0 Å². The van der Waals surface area contributed by atoms with Crippen molar-refractivity contribution in [3.8, 4) is 0 Å². The molecule has 110 valence electrons. The first-order valence-electron chi connectivity index (χ1n) is 6.78. The number of nitrogens with zero attached hydrogens (tertiary/aromatic N) is 1. The quantitative estimate of drug-likeness (QED) is 0.920. The van der Waals surface area contributed by atoms with Gasteiger partial charge in [0.05, 0.1) is 0 Å². The fourth-order valence-corrected chi connectivity index (χ4v) is 2.68. The fourth-order valence-electron chi connectivity index (χ4n) is 2.68. The SMILES string of the molecule is CC1CCCN(CCC(N)c2ccccc2)C1.Cl.Cl. The molecular weight excluding hydrogens is 279 g/mol. The minimum atomic E-state index is 0. The van der Waals surface area contributed by atoms with Gasteiger partial charge >= 0.3 is 0 Å². The van der Waals surface area contributed by atoms with Crippen molar-refractivity contribution in [2.24, 2.45) is 11.7 Å². The Morgan fingerprint density at radius 3 is 2.58 bits per heavy atom. The second kappa shape index (κ2) is 9.60. The number of rotatable bonds is 4. The second-order valence-corrected chi connectivity index (χ2v) is 5.35. The first-order valence-corrected chi connectivity index (χ1v) is 6.78. The van der Waals surface area contributed by atoms with E-state index in [4.69, 9.17) is 5.73 Å². The minimum Gasteiger partial charge on any atom is -0.324 e.